The number of alkyl halides is 3. The van der Waals surface area contributed by atoms with Gasteiger partial charge in [-0.1, -0.05) is 13.8 Å². The van der Waals surface area contributed by atoms with Crippen LogP contribution in [0.3, 0.4) is 0 Å². The highest BCUT2D eigenvalue weighted by Gasteiger charge is 2.41. The average Bonchev–Trinajstić information content (AvgIpc) is 3.17. The van der Waals surface area contributed by atoms with Gasteiger partial charge in [-0.15, -0.1) is 0 Å². The van der Waals surface area contributed by atoms with E-state index in [9.17, 15) is 18.0 Å². The van der Waals surface area contributed by atoms with Gasteiger partial charge in [-0.3, -0.25) is 9.78 Å². The Bertz CT molecular complexity index is 1170. The number of aromatic amines is 1. The number of fused-ring (bicyclic) bond motifs is 1. The molecule has 34 heavy (non-hydrogen) atoms. The van der Waals surface area contributed by atoms with Crippen molar-refractivity contribution in [2.24, 2.45) is 11.7 Å². The van der Waals surface area contributed by atoms with Crippen LogP contribution in [-0.2, 0) is 21.7 Å². The number of nitrogens with one attached hydrogen (secondary N) is 2. The van der Waals surface area contributed by atoms with Crippen LogP contribution >= 0.6 is 0 Å². The predicted molar refractivity (Wildman–Crippen MR) is 124 cm³/mol. The van der Waals surface area contributed by atoms with Crippen molar-refractivity contribution < 1.29 is 22.7 Å². The standard InChI is InChI=1S/C24H30F3N5O2/c1-14(2)24(28,21(33)32-13-23(25,26)27)17-7-16(9-29-10-17)19-11-31-20-18(19)6-15(8-30-20)12-34-22(3,4)5/h6-11,14H,12-13,28H2,1-5H3,(H,30,31)(H,32,33)/t24-/m0/s1. The van der Waals surface area contributed by atoms with E-state index in [1.165, 1.54) is 6.20 Å². The van der Waals surface area contributed by atoms with Crippen molar-refractivity contribution >= 4 is 16.9 Å². The van der Waals surface area contributed by atoms with Crippen LogP contribution in [0.15, 0.2) is 36.9 Å². The zero-order valence-electron chi connectivity index (χ0n) is 19.9. The molecule has 1 amide bonds. The molecule has 4 N–H and O–H groups in total. The lowest BCUT2D eigenvalue weighted by Crippen LogP contribution is -2.56. The Kier molecular flexibility index (Phi) is 7.05. The summed E-state index contributed by atoms with van der Waals surface area (Å²) in [6, 6.07) is 3.64. The zero-order chi connectivity index (χ0) is 25.3. The maximum absolute atomic E-state index is 12.8. The lowest BCUT2D eigenvalue weighted by molar-refractivity contribution is -0.143. The number of halogens is 3. The summed E-state index contributed by atoms with van der Waals surface area (Å²) in [5.41, 5.74) is 7.69. The average molecular weight is 478 g/mol. The molecule has 1 atom stereocenters. The van der Waals surface area contributed by atoms with Crippen LogP contribution in [0.5, 0.6) is 0 Å². The third kappa shape index (κ3) is 5.74. The fourth-order valence-corrected chi connectivity index (χ4v) is 3.53. The Balaban J connectivity index is 1.98. The maximum Gasteiger partial charge on any atom is 0.405 e. The van der Waals surface area contributed by atoms with E-state index in [4.69, 9.17) is 10.5 Å². The van der Waals surface area contributed by atoms with Crippen molar-refractivity contribution in [1.29, 1.82) is 0 Å². The minimum absolute atomic E-state index is 0.303. The SMILES string of the molecule is CC(C)[C@@](N)(C(=O)NCC(F)(F)F)c1cncc(-c2c[nH]c3ncc(COC(C)(C)C)cc23)c1. The third-order valence-corrected chi connectivity index (χ3v) is 5.52. The molecule has 3 heterocycles. The molecule has 184 valence electrons. The first kappa shape index (κ1) is 25.6. The number of carbonyl (C=O) groups excluding carboxylic acids is 1. The molecule has 0 saturated carbocycles. The molecule has 0 radical (unpaired) electrons. The largest absolute Gasteiger partial charge is 0.405 e. The molecular formula is C24H30F3N5O2. The number of nitrogens with zero attached hydrogens (tertiary/aromatic N) is 2. The van der Waals surface area contributed by atoms with E-state index >= 15 is 0 Å². The monoisotopic (exact) mass is 477 g/mol. The second-order valence-corrected chi connectivity index (χ2v) is 9.63. The fraction of sp³-hybridized carbons (Fsp3) is 0.458. The van der Waals surface area contributed by atoms with Crippen LogP contribution < -0.4 is 11.1 Å². The number of amides is 1. The molecule has 0 spiro atoms. The molecule has 3 rings (SSSR count). The van der Waals surface area contributed by atoms with Gasteiger partial charge in [0.25, 0.3) is 0 Å². The number of hydrogen-bond acceptors (Lipinski definition) is 5. The molecular weight excluding hydrogens is 447 g/mol. The topological polar surface area (TPSA) is 106 Å². The number of nitrogens with two attached hydrogens (primary N) is 1. The van der Waals surface area contributed by atoms with E-state index in [-0.39, 0.29) is 5.60 Å². The molecule has 0 aliphatic carbocycles. The molecule has 0 unspecified atom stereocenters. The Morgan fingerprint density at radius 3 is 2.50 bits per heavy atom. The van der Waals surface area contributed by atoms with E-state index in [0.717, 1.165) is 16.5 Å². The molecule has 0 saturated heterocycles. The summed E-state index contributed by atoms with van der Waals surface area (Å²) in [4.78, 5) is 24.6. The third-order valence-electron chi connectivity index (χ3n) is 5.52. The van der Waals surface area contributed by atoms with E-state index in [1.54, 1.807) is 38.5 Å². The van der Waals surface area contributed by atoms with E-state index in [1.807, 2.05) is 32.2 Å². The normalized spacial score (nSPS) is 14.4. The second-order valence-electron chi connectivity index (χ2n) is 9.63. The summed E-state index contributed by atoms with van der Waals surface area (Å²) in [7, 11) is 0. The van der Waals surface area contributed by atoms with Gasteiger partial charge < -0.3 is 20.8 Å². The Hall–Kier alpha value is -2.98. The predicted octanol–water partition coefficient (Wildman–Crippen LogP) is 4.43. The van der Waals surface area contributed by atoms with Gasteiger partial charge in [0, 0.05) is 46.9 Å². The van der Waals surface area contributed by atoms with Crippen molar-refractivity contribution in [3.63, 3.8) is 0 Å². The first-order valence-electron chi connectivity index (χ1n) is 10.9. The number of pyridine rings is 2. The van der Waals surface area contributed by atoms with Gasteiger partial charge in [0.15, 0.2) is 0 Å². The van der Waals surface area contributed by atoms with Crippen molar-refractivity contribution in [2.75, 3.05) is 6.54 Å². The van der Waals surface area contributed by atoms with Gasteiger partial charge in [0.1, 0.15) is 17.7 Å². The lowest BCUT2D eigenvalue weighted by atomic mass is 9.80. The van der Waals surface area contributed by atoms with Gasteiger partial charge >= 0.3 is 6.18 Å². The molecule has 0 aromatic carbocycles. The van der Waals surface area contributed by atoms with Crippen molar-refractivity contribution in [3.8, 4) is 11.1 Å². The molecule has 0 fully saturated rings. The van der Waals surface area contributed by atoms with Crippen molar-refractivity contribution in [3.05, 3.63) is 48.0 Å². The molecule has 10 heteroatoms. The van der Waals surface area contributed by atoms with E-state index in [0.29, 0.717) is 23.4 Å². The molecule has 0 aliphatic rings. The minimum atomic E-state index is -4.54. The van der Waals surface area contributed by atoms with Crippen LogP contribution in [-0.4, -0.2) is 39.2 Å². The quantitative estimate of drug-likeness (QED) is 0.467. The molecule has 0 bridgehead atoms. The van der Waals surface area contributed by atoms with Gasteiger partial charge in [0.2, 0.25) is 5.91 Å². The molecule has 3 aromatic heterocycles. The summed E-state index contributed by atoms with van der Waals surface area (Å²) in [6.45, 7) is 8.18. The molecule has 3 aromatic rings. The number of aromatic nitrogens is 3. The van der Waals surface area contributed by atoms with Crippen molar-refractivity contribution in [2.45, 2.75) is 58.5 Å². The minimum Gasteiger partial charge on any atom is -0.371 e. The number of carbonyl (C=O) groups is 1. The lowest BCUT2D eigenvalue weighted by Gasteiger charge is -2.32. The van der Waals surface area contributed by atoms with Crippen LogP contribution in [0, 0.1) is 5.92 Å². The smallest absolute Gasteiger partial charge is 0.371 e. The van der Waals surface area contributed by atoms with E-state index in [2.05, 4.69) is 15.0 Å². The van der Waals surface area contributed by atoms with Gasteiger partial charge in [0.05, 0.1) is 12.2 Å². The summed E-state index contributed by atoms with van der Waals surface area (Å²) in [5.74, 6) is -1.41. The summed E-state index contributed by atoms with van der Waals surface area (Å²) < 4.78 is 43.9. The Labute approximate surface area is 196 Å². The Morgan fingerprint density at radius 1 is 1.18 bits per heavy atom. The number of H-pyrrole nitrogens is 1. The number of hydrogen-bond donors (Lipinski definition) is 3. The van der Waals surface area contributed by atoms with E-state index < -0.39 is 30.1 Å². The van der Waals surface area contributed by atoms with Crippen LogP contribution in [0.1, 0.15) is 45.7 Å². The van der Waals surface area contributed by atoms with Crippen LogP contribution in [0.2, 0.25) is 0 Å². The van der Waals surface area contributed by atoms with Crippen molar-refractivity contribution in [1.82, 2.24) is 20.3 Å². The Morgan fingerprint density at radius 2 is 1.88 bits per heavy atom. The first-order chi connectivity index (χ1) is 15.7. The number of rotatable bonds is 7. The van der Waals surface area contributed by atoms with Gasteiger partial charge in [-0.05, 0) is 44.4 Å². The fourth-order valence-electron chi connectivity index (χ4n) is 3.53. The van der Waals surface area contributed by atoms with Crippen LogP contribution in [0.25, 0.3) is 22.2 Å². The van der Waals surface area contributed by atoms with Gasteiger partial charge in [-0.2, -0.15) is 13.2 Å². The van der Waals surface area contributed by atoms with Crippen LogP contribution in [0.4, 0.5) is 13.2 Å². The second kappa shape index (κ2) is 9.34. The first-order valence-corrected chi connectivity index (χ1v) is 10.9. The molecule has 0 aliphatic heterocycles. The maximum atomic E-state index is 12.8. The highest BCUT2D eigenvalue weighted by molar-refractivity contribution is 5.94. The number of ether oxygens (including phenoxy) is 1. The summed E-state index contributed by atoms with van der Waals surface area (Å²) in [5, 5.41) is 2.74. The summed E-state index contributed by atoms with van der Waals surface area (Å²) in [6.07, 6.45) is 1.98. The van der Waals surface area contributed by atoms with Gasteiger partial charge in [-0.25, -0.2) is 4.98 Å². The highest BCUT2D eigenvalue weighted by atomic mass is 19.4. The highest BCUT2D eigenvalue weighted by Crippen LogP contribution is 2.33. The molecule has 7 nitrogen and oxygen atoms in total. The summed E-state index contributed by atoms with van der Waals surface area (Å²) >= 11 is 0. The zero-order valence-corrected chi connectivity index (χ0v) is 19.9.